The maximum absolute atomic E-state index is 10.4. The van der Waals surface area contributed by atoms with Crippen LogP contribution in [0.15, 0.2) is 28.0 Å². The summed E-state index contributed by atoms with van der Waals surface area (Å²) in [6, 6.07) is 2.96. The zero-order chi connectivity index (χ0) is 8.27. The molecule has 5 nitrogen and oxygen atoms in total. The molecular weight excluding hydrogens is 148 g/mol. The molecule has 1 radical (unpaired) electrons. The number of carbonyl (C=O) groups excluding carboxylic acids is 1. The van der Waals surface area contributed by atoms with Crippen LogP contribution in [0, 0.1) is 0 Å². The Kier molecular flexibility index (Phi) is 1.91. The van der Waals surface area contributed by atoms with Crippen molar-refractivity contribution >= 4 is 11.6 Å². The number of oxime groups is 1. The Morgan fingerprint density at radius 1 is 1.73 bits per heavy atom. The van der Waals surface area contributed by atoms with E-state index in [2.05, 4.69) is 5.16 Å². The van der Waals surface area contributed by atoms with Crippen molar-refractivity contribution in [3.63, 3.8) is 0 Å². The lowest BCUT2D eigenvalue weighted by atomic mass is 10.3. The molecule has 0 aliphatic carbocycles. The van der Waals surface area contributed by atoms with E-state index in [9.17, 15) is 4.79 Å². The van der Waals surface area contributed by atoms with Gasteiger partial charge < -0.3 is 9.62 Å². The van der Waals surface area contributed by atoms with E-state index in [-0.39, 0.29) is 5.76 Å². The first kappa shape index (κ1) is 7.33. The lowest BCUT2D eigenvalue weighted by Gasteiger charge is -1.90. The first-order chi connectivity index (χ1) is 5.25. The molecule has 5 heteroatoms. The summed E-state index contributed by atoms with van der Waals surface area (Å²) in [7, 11) is 0. The van der Waals surface area contributed by atoms with Crippen LogP contribution < -0.4 is 5.73 Å². The quantitative estimate of drug-likeness (QED) is 0.375. The van der Waals surface area contributed by atoms with E-state index in [1.807, 2.05) is 0 Å². The minimum Gasteiger partial charge on any atom is -0.462 e. The molecule has 0 saturated carbocycles. The highest BCUT2D eigenvalue weighted by molar-refractivity contribution is 6.43. The highest BCUT2D eigenvalue weighted by atomic mass is 16.4. The molecule has 0 aliphatic heterocycles. The van der Waals surface area contributed by atoms with Gasteiger partial charge in [-0.15, -0.1) is 0 Å². The van der Waals surface area contributed by atoms with Crippen LogP contribution in [0.25, 0.3) is 0 Å². The largest absolute Gasteiger partial charge is 0.462 e. The van der Waals surface area contributed by atoms with E-state index in [1.54, 1.807) is 0 Å². The SMILES string of the molecule is [NH]C(=O)/C(=N/O)c1ccco1. The van der Waals surface area contributed by atoms with E-state index in [1.165, 1.54) is 18.4 Å². The van der Waals surface area contributed by atoms with Gasteiger partial charge in [0.2, 0.25) is 5.71 Å². The normalized spacial score (nSPS) is 11.5. The van der Waals surface area contributed by atoms with Gasteiger partial charge in [0.1, 0.15) is 0 Å². The lowest BCUT2D eigenvalue weighted by Crippen LogP contribution is -2.15. The first-order valence-electron chi connectivity index (χ1n) is 2.77. The Labute approximate surface area is 62.1 Å². The van der Waals surface area contributed by atoms with Crippen LogP contribution in [-0.2, 0) is 4.79 Å². The van der Waals surface area contributed by atoms with Gasteiger partial charge in [-0.25, -0.2) is 0 Å². The second kappa shape index (κ2) is 2.87. The summed E-state index contributed by atoms with van der Waals surface area (Å²) >= 11 is 0. The van der Waals surface area contributed by atoms with Gasteiger partial charge in [-0.1, -0.05) is 5.16 Å². The van der Waals surface area contributed by atoms with Crippen LogP contribution in [0.4, 0.5) is 0 Å². The second-order valence-corrected chi connectivity index (χ2v) is 1.76. The molecule has 1 amide bonds. The van der Waals surface area contributed by atoms with Crippen LogP contribution in [0.2, 0.25) is 0 Å². The highest BCUT2D eigenvalue weighted by Crippen LogP contribution is 2.01. The predicted molar refractivity (Wildman–Crippen MR) is 35.1 cm³/mol. The third kappa shape index (κ3) is 1.37. The molecule has 0 aliphatic rings. The Bertz CT molecular complexity index is 276. The van der Waals surface area contributed by atoms with Crippen molar-refractivity contribution in [2.24, 2.45) is 5.16 Å². The molecule has 0 spiro atoms. The first-order valence-corrected chi connectivity index (χ1v) is 2.77. The molecule has 0 fully saturated rings. The summed E-state index contributed by atoms with van der Waals surface area (Å²) < 4.78 is 4.72. The van der Waals surface area contributed by atoms with E-state index in [0.717, 1.165) is 0 Å². The van der Waals surface area contributed by atoms with Gasteiger partial charge in [0, 0.05) is 0 Å². The number of hydrogen-bond donors (Lipinski definition) is 1. The fourth-order valence-electron chi connectivity index (χ4n) is 0.620. The zero-order valence-electron chi connectivity index (χ0n) is 5.44. The predicted octanol–water partition coefficient (Wildman–Crippen LogP) is 0.267. The van der Waals surface area contributed by atoms with Crippen LogP contribution >= 0.6 is 0 Å². The summed E-state index contributed by atoms with van der Waals surface area (Å²) in [6.07, 6.45) is 1.32. The molecule has 0 bridgehead atoms. The van der Waals surface area contributed by atoms with Gasteiger partial charge in [0.15, 0.2) is 5.76 Å². The van der Waals surface area contributed by atoms with Gasteiger partial charge in [-0.3, -0.25) is 10.5 Å². The van der Waals surface area contributed by atoms with Crippen molar-refractivity contribution in [1.82, 2.24) is 5.73 Å². The van der Waals surface area contributed by atoms with Gasteiger partial charge >= 0.3 is 0 Å². The van der Waals surface area contributed by atoms with Crippen LogP contribution in [0.1, 0.15) is 5.76 Å². The van der Waals surface area contributed by atoms with Gasteiger partial charge in [-0.2, -0.15) is 0 Å². The summed E-state index contributed by atoms with van der Waals surface area (Å²) in [6.45, 7) is 0. The van der Waals surface area contributed by atoms with Crippen LogP contribution in [-0.4, -0.2) is 16.8 Å². The number of nitrogens with one attached hydrogen (secondary N) is 1. The van der Waals surface area contributed by atoms with Crippen LogP contribution in [0.5, 0.6) is 0 Å². The second-order valence-electron chi connectivity index (χ2n) is 1.76. The Balaban J connectivity index is 2.99. The van der Waals surface area contributed by atoms with Crippen molar-refractivity contribution < 1.29 is 14.4 Å². The Morgan fingerprint density at radius 2 is 2.45 bits per heavy atom. The number of nitrogens with zero attached hydrogens (tertiary/aromatic N) is 1. The monoisotopic (exact) mass is 153 g/mol. The van der Waals surface area contributed by atoms with Crippen molar-refractivity contribution in [2.75, 3.05) is 0 Å². The Morgan fingerprint density at radius 3 is 2.82 bits per heavy atom. The number of rotatable bonds is 2. The summed E-state index contributed by atoms with van der Waals surface area (Å²) in [4.78, 5) is 10.4. The molecular formula is C6H5N2O3. The topological polar surface area (TPSA) is 86.6 Å². The standard InChI is InChI=1S/C6H5N2O3/c7-6(9)5(8-10)4-2-1-3-11-4/h1-3,7,10H/b8-5+. The van der Waals surface area contributed by atoms with Crippen molar-refractivity contribution in [1.29, 1.82) is 0 Å². The molecule has 0 saturated heterocycles. The molecule has 0 atom stereocenters. The van der Waals surface area contributed by atoms with E-state index in [4.69, 9.17) is 15.4 Å². The Hall–Kier alpha value is -1.78. The minimum absolute atomic E-state index is 0.0903. The molecule has 0 unspecified atom stereocenters. The molecule has 1 rings (SSSR count). The smallest absolute Gasteiger partial charge is 0.295 e. The molecule has 11 heavy (non-hydrogen) atoms. The van der Waals surface area contributed by atoms with Crippen LogP contribution in [0.3, 0.4) is 0 Å². The van der Waals surface area contributed by atoms with Crippen molar-refractivity contribution in [3.05, 3.63) is 24.2 Å². The summed E-state index contributed by atoms with van der Waals surface area (Å²) in [5, 5.41) is 10.9. The van der Waals surface area contributed by atoms with Gasteiger partial charge in [0.05, 0.1) is 6.26 Å². The van der Waals surface area contributed by atoms with Crippen molar-refractivity contribution in [3.8, 4) is 0 Å². The number of furan rings is 1. The maximum atomic E-state index is 10.4. The molecule has 1 aromatic rings. The van der Waals surface area contributed by atoms with E-state index >= 15 is 0 Å². The van der Waals surface area contributed by atoms with Crippen molar-refractivity contribution in [2.45, 2.75) is 0 Å². The summed E-state index contributed by atoms with van der Waals surface area (Å²) in [5.41, 5.74) is 6.23. The number of amides is 1. The molecule has 2 N–H and O–H groups in total. The van der Waals surface area contributed by atoms with E-state index < -0.39 is 11.6 Å². The number of carbonyl (C=O) groups is 1. The summed E-state index contributed by atoms with van der Waals surface area (Å²) in [5.74, 6) is -0.991. The average molecular weight is 153 g/mol. The molecule has 57 valence electrons. The van der Waals surface area contributed by atoms with Gasteiger partial charge in [-0.05, 0) is 12.1 Å². The molecule has 0 aromatic carbocycles. The van der Waals surface area contributed by atoms with E-state index in [0.29, 0.717) is 0 Å². The maximum Gasteiger partial charge on any atom is 0.295 e. The molecule has 1 heterocycles. The average Bonchev–Trinajstić information content (AvgIpc) is 2.40. The highest BCUT2D eigenvalue weighted by Gasteiger charge is 2.13. The number of hydrogen-bond acceptors (Lipinski definition) is 4. The lowest BCUT2D eigenvalue weighted by molar-refractivity contribution is -0.112. The fourth-order valence-corrected chi connectivity index (χ4v) is 0.620. The third-order valence-electron chi connectivity index (χ3n) is 1.07. The molecule has 1 aromatic heterocycles. The fraction of sp³-hybridized carbons (Fsp3) is 0. The van der Waals surface area contributed by atoms with Gasteiger partial charge in [0.25, 0.3) is 5.91 Å². The third-order valence-corrected chi connectivity index (χ3v) is 1.07. The minimum atomic E-state index is -1.08. The zero-order valence-corrected chi connectivity index (χ0v) is 5.44.